The number of carbonyl (C=O) groups excluding carboxylic acids is 1. The average molecular weight is 265 g/mol. The summed E-state index contributed by atoms with van der Waals surface area (Å²) in [5.74, 6) is 0. The molecule has 0 radical (unpaired) electrons. The normalized spacial score (nSPS) is 3.75. The van der Waals surface area contributed by atoms with E-state index in [9.17, 15) is 0 Å². The fraction of sp³-hybridized carbons (Fsp3) is 0. The van der Waals surface area contributed by atoms with Crippen LogP contribution in [0.1, 0.15) is 0 Å². The van der Waals surface area contributed by atoms with Crippen molar-refractivity contribution in [2.75, 3.05) is 0 Å². The zero-order chi connectivity index (χ0) is 5.58. The number of quaternary nitrogens is 1. The second-order valence-electron chi connectivity index (χ2n) is 0.250. The van der Waals surface area contributed by atoms with Gasteiger partial charge in [0.25, 0.3) is 0 Å². The van der Waals surface area contributed by atoms with Crippen molar-refractivity contribution in [1.29, 1.82) is 0 Å². The molecule has 0 aliphatic rings. The van der Waals surface area contributed by atoms with E-state index in [4.69, 9.17) is 15.0 Å². The molecule has 4 nitrogen and oxygen atoms in total. The van der Waals surface area contributed by atoms with E-state index in [-0.39, 0.29) is 28.5 Å². The summed E-state index contributed by atoms with van der Waals surface area (Å²) in [6.07, 6.45) is -2.33. The fourth-order valence-electron chi connectivity index (χ4n) is 0. The van der Waals surface area contributed by atoms with Gasteiger partial charge in [-0.15, -0.1) is 0 Å². The van der Waals surface area contributed by atoms with E-state index in [0.29, 0.717) is 0 Å². The van der Waals surface area contributed by atoms with Crippen LogP contribution in [-0.2, 0) is 40.2 Å². The van der Waals surface area contributed by atoms with E-state index in [0.717, 1.165) is 17.9 Å². The van der Waals surface area contributed by atoms with Crippen LogP contribution < -0.4 is 16.4 Å². The van der Waals surface area contributed by atoms with Gasteiger partial charge in [0.1, 0.15) is 0 Å². The van der Waals surface area contributed by atoms with Gasteiger partial charge in [-0.3, -0.25) is 0 Å². The van der Waals surface area contributed by atoms with Crippen molar-refractivity contribution in [2.24, 2.45) is 0 Å². The number of hydrogen-bond acceptors (Lipinski definition) is 3. The fourth-order valence-corrected chi connectivity index (χ4v) is 0. The summed E-state index contributed by atoms with van der Waals surface area (Å²) < 4.78 is 0. The Bertz CT molecular complexity index is 48.5. The molecule has 6 heteroatoms. The van der Waals surface area contributed by atoms with Crippen molar-refractivity contribution >= 4 is 11.3 Å². The van der Waals surface area contributed by atoms with E-state index >= 15 is 0 Å². The van der Waals surface area contributed by atoms with E-state index < -0.39 is 6.16 Å². The quantitative estimate of drug-likeness (QED) is 0.507. The van der Waals surface area contributed by atoms with Gasteiger partial charge in [0.2, 0.25) is 0 Å². The maximum absolute atomic E-state index is 8.33. The molecule has 0 heterocycles. The molecule has 50 valence electrons. The smallest absolute Gasteiger partial charge is 0.369 e. The van der Waals surface area contributed by atoms with Crippen LogP contribution in [0.15, 0.2) is 0 Å². The molecule has 0 rings (SSSR count). The van der Waals surface area contributed by atoms with Gasteiger partial charge in [-0.05, 0) is 6.16 Å². The molecule has 0 atom stereocenters. The monoisotopic (exact) mass is 263 g/mol. The summed E-state index contributed by atoms with van der Waals surface area (Å²) in [7, 11) is 0. The number of carboxylic acid groups (broad SMARTS) is 2. The van der Waals surface area contributed by atoms with Crippen LogP contribution in [0.5, 0.6) is 0 Å². The maximum Gasteiger partial charge on any atom is -0.369 e. The van der Waals surface area contributed by atoms with Gasteiger partial charge in [0.05, 0.1) is 0 Å². The molecule has 0 aliphatic heterocycles. The van der Waals surface area contributed by atoms with Gasteiger partial charge in [0, 0.05) is 0 Å². The van der Waals surface area contributed by atoms with Crippen LogP contribution in [0.25, 0.3) is 0 Å². The maximum atomic E-state index is 8.33. The van der Waals surface area contributed by atoms with Crippen molar-refractivity contribution < 1.29 is 55.2 Å². The molecule has 0 aromatic rings. The van der Waals surface area contributed by atoms with E-state index in [1.54, 1.807) is 0 Å². The number of hydrogen-bond donors (Lipinski definition) is 1. The zero-order valence-corrected chi connectivity index (χ0v) is 8.89. The van der Waals surface area contributed by atoms with Crippen LogP contribution in [0, 0.1) is 0 Å². The van der Waals surface area contributed by atoms with Gasteiger partial charge in [-0.1, -0.05) is 0 Å². The van der Waals surface area contributed by atoms with Gasteiger partial charge in [-0.2, -0.15) is 0 Å². The van der Waals surface area contributed by atoms with Gasteiger partial charge >= 0.3 is 45.3 Å². The molecule has 0 aromatic carbocycles. The Balaban J connectivity index is -0.0000000183. The topological polar surface area (TPSA) is 99.7 Å². The molecule has 0 spiro atoms. The third-order valence-electron chi connectivity index (χ3n) is 0. The predicted octanol–water partition coefficient (Wildman–Crippen LogP) is -2.11. The molecule has 0 amide bonds. The van der Waals surface area contributed by atoms with Crippen LogP contribution in [0.2, 0.25) is 0 Å². The first-order valence-corrected chi connectivity index (χ1v) is 3.21. The largest absolute Gasteiger partial charge is 0.369 e. The molecule has 0 fully saturated rings. The molecule has 0 bridgehead atoms. The first kappa shape index (κ1) is 23.7. The molecule has 8 heavy (non-hydrogen) atoms. The van der Waals surface area contributed by atoms with Gasteiger partial charge in [-0.25, -0.2) is 0 Å². The van der Waals surface area contributed by atoms with Crippen LogP contribution in [-0.4, -0.2) is 11.3 Å². The first-order valence-electron chi connectivity index (χ1n) is 1.11. The Morgan fingerprint density at radius 2 is 1.38 bits per heavy atom. The standard InChI is InChI=1S/CH2O3.CH2.Ag.H3N.Zn/c2-1(3)4;;;;/h(H2,2,3,4);1H2;;1H3;/q;;+1;;/p-1. The minimum Gasteiger partial charge on any atom is -0.369 e. The molecule has 0 aromatic heterocycles. The minimum atomic E-state index is -2.33. The summed E-state index contributed by atoms with van der Waals surface area (Å²) in [5, 5.41) is 20.0. The summed E-state index contributed by atoms with van der Waals surface area (Å²) in [5.41, 5.74) is 0. The van der Waals surface area contributed by atoms with Crippen molar-refractivity contribution in [2.45, 2.75) is 0 Å². The summed E-state index contributed by atoms with van der Waals surface area (Å²) >= 11 is 1.12. The van der Waals surface area contributed by atoms with Crippen LogP contribution in [0.4, 0.5) is 4.79 Å². The summed E-state index contributed by atoms with van der Waals surface area (Å²) in [6, 6.07) is 0. The van der Waals surface area contributed by atoms with E-state index in [2.05, 4.69) is 5.11 Å². The molecular formula is C2H6AgNO3Zn. The number of rotatable bonds is 0. The van der Waals surface area contributed by atoms with Crippen molar-refractivity contribution in [3.63, 3.8) is 0 Å². The van der Waals surface area contributed by atoms with Gasteiger partial charge < -0.3 is 21.2 Å². The second kappa shape index (κ2) is 26.0. The second-order valence-corrected chi connectivity index (χ2v) is 0.250. The van der Waals surface area contributed by atoms with Crippen molar-refractivity contribution in [3.05, 3.63) is 0 Å². The van der Waals surface area contributed by atoms with Crippen LogP contribution >= 0.6 is 0 Å². The third-order valence-corrected chi connectivity index (χ3v) is 0. The third kappa shape index (κ3) is 898. The van der Waals surface area contributed by atoms with Gasteiger partial charge in [0.15, 0.2) is 0 Å². The molecule has 0 unspecified atom stereocenters. The molecular weight excluding hydrogens is 259 g/mol. The zero-order valence-electron chi connectivity index (χ0n) is 4.44. The Morgan fingerprint density at radius 1 is 1.38 bits per heavy atom. The minimum absolute atomic E-state index is 0. The Morgan fingerprint density at radius 3 is 1.38 bits per heavy atom. The summed E-state index contributed by atoms with van der Waals surface area (Å²) in [6.45, 7) is 0. The predicted molar refractivity (Wildman–Crippen MR) is 18.5 cm³/mol. The van der Waals surface area contributed by atoms with Crippen LogP contribution in [0.3, 0.4) is 0 Å². The summed E-state index contributed by atoms with van der Waals surface area (Å²) in [4.78, 5) is 8.33. The Hall–Kier alpha value is 0.464. The molecule has 4 N–H and O–H groups in total. The Kier molecular flexibility index (Phi) is 76.9. The molecule has 0 aliphatic carbocycles. The molecule has 0 saturated heterocycles. The first-order chi connectivity index (χ1) is 2.73. The molecule has 0 saturated carbocycles. The number of carbonyl (C=O) groups is 1. The Labute approximate surface area is 72.6 Å². The van der Waals surface area contributed by atoms with E-state index in [1.165, 1.54) is 0 Å². The van der Waals surface area contributed by atoms with Crippen molar-refractivity contribution in [3.8, 4) is 0 Å². The SMILES string of the molecule is O=C([O-])[O-].[Ag+].[CH2]=[Zn].[NH4+]. The van der Waals surface area contributed by atoms with Crippen molar-refractivity contribution in [1.82, 2.24) is 6.15 Å². The van der Waals surface area contributed by atoms with E-state index in [1.807, 2.05) is 0 Å². The average Bonchev–Trinajstić information content (AvgIpc) is 1.41.